The highest BCUT2D eigenvalue weighted by molar-refractivity contribution is 9.10. The number of benzene rings is 3. The summed E-state index contributed by atoms with van der Waals surface area (Å²) >= 11 is 3.53. The Morgan fingerprint density at radius 1 is 1.12 bits per heavy atom. The fourth-order valence-corrected chi connectivity index (χ4v) is 4.03. The molecule has 0 saturated carbocycles. The van der Waals surface area contributed by atoms with Crippen molar-refractivity contribution in [3.05, 3.63) is 93.5 Å². The number of para-hydroxylation sites is 1. The third kappa shape index (κ3) is 4.87. The summed E-state index contributed by atoms with van der Waals surface area (Å²) in [5.41, 5.74) is 3.59. The fraction of sp³-hybridized carbons (Fsp3) is 0.115. The molecule has 1 heterocycles. The lowest BCUT2D eigenvalue weighted by molar-refractivity contribution is -0.114. The predicted octanol–water partition coefficient (Wildman–Crippen LogP) is 5.54. The quantitative estimate of drug-likeness (QED) is 0.413. The molecule has 0 fully saturated rings. The number of anilines is 1. The highest BCUT2D eigenvalue weighted by Gasteiger charge is 2.28. The zero-order chi connectivity index (χ0) is 24.2. The van der Waals surface area contributed by atoms with Gasteiger partial charge in [0.25, 0.3) is 5.91 Å². The van der Waals surface area contributed by atoms with Crippen LogP contribution in [0, 0.1) is 0 Å². The van der Waals surface area contributed by atoms with Crippen LogP contribution in [0.4, 0.5) is 5.69 Å². The Hall–Kier alpha value is -3.91. The van der Waals surface area contributed by atoms with E-state index in [0.717, 1.165) is 11.1 Å². The topological polar surface area (TPSA) is 88.4 Å². The first kappa shape index (κ1) is 23.3. The van der Waals surface area contributed by atoms with Gasteiger partial charge in [0.15, 0.2) is 11.5 Å². The minimum Gasteiger partial charge on any atom is -0.493 e. The first-order valence-electron chi connectivity index (χ1n) is 10.4. The highest BCUT2D eigenvalue weighted by Crippen LogP contribution is 2.38. The van der Waals surface area contributed by atoms with Crippen LogP contribution in [0.5, 0.6) is 11.5 Å². The maximum absolute atomic E-state index is 13.0. The second kappa shape index (κ2) is 9.93. The highest BCUT2D eigenvalue weighted by atomic mass is 79.9. The largest absolute Gasteiger partial charge is 0.493 e. The number of carbonyl (C=O) groups is 2. The number of carboxylic acids is 1. The van der Waals surface area contributed by atoms with Crippen molar-refractivity contribution in [2.75, 3.05) is 12.1 Å². The second-order valence-corrected chi connectivity index (χ2v) is 8.38. The number of rotatable bonds is 7. The number of aromatic carboxylic acids is 1. The third-order valence-corrected chi connectivity index (χ3v) is 5.80. The lowest BCUT2D eigenvalue weighted by Crippen LogP contribution is -2.21. The number of hydrogen-bond acceptors (Lipinski definition) is 5. The summed E-state index contributed by atoms with van der Waals surface area (Å²) in [5, 5.41) is 14.8. The molecule has 0 saturated heterocycles. The first-order valence-corrected chi connectivity index (χ1v) is 11.2. The predicted molar refractivity (Wildman–Crippen MR) is 133 cm³/mol. The van der Waals surface area contributed by atoms with Gasteiger partial charge in [-0.3, -0.25) is 4.79 Å². The molecule has 1 aliphatic rings. The Morgan fingerprint density at radius 2 is 1.82 bits per heavy atom. The van der Waals surface area contributed by atoms with Gasteiger partial charge in [0.05, 0.1) is 34.1 Å². The van der Waals surface area contributed by atoms with Crippen molar-refractivity contribution in [2.24, 2.45) is 5.10 Å². The van der Waals surface area contributed by atoms with Gasteiger partial charge in [0, 0.05) is 0 Å². The minimum atomic E-state index is -0.977. The monoisotopic (exact) mass is 520 g/mol. The molecule has 0 spiro atoms. The summed E-state index contributed by atoms with van der Waals surface area (Å²) in [6, 6.07) is 19.4. The number of halogens is 1. The second-order valence-electron chi connectivity index (χ2n) is 7.52. The SMILES string of the molecule is COc1cc(/C=C2/C(=O)N(c3ccccc3)N=C2C)cc(Br)c1OCc1ccc(C(=O)O)cc1. The van der Waals surface area contributed by atoms with Crippen molar-refractivity contribution >= 4 is 45.3 Å². The molecular formula is C26H21BrN2O5. The lowest BCUT2D eigenvalue weighted by atomic mass is 10.1. The van der Waals surface area contributed by atoms with Crippen molar-refractivity contribution < 1.29 is 24.2 Å². The van der Waals surface area contributed by atoms with E-state index in [-0.39, 0.29) is 18.1 Å². The van der Waals surface area contributed by atoms with Crippen LogP contribution in [0.1, 0.15) is 28.4 Å². The van der Waals surface area contributed by atoms with Crippen molar-refractivity contribution in [1.82, 2.24) is 0 Å². The summed E-state index contributed by atoms with van der Waals surface area (Å²) < 4.78 is 12.1. The van der Waals surface area contributed by atoms with E-state index in [0.29, 0.717) is 32.9 Å². The van der Waals surface area contributed by atoms with Crippen molar-refractivity contribution in [3.8, 4) is 11.5 Å². The zero-order valence-corrected chi connectivity index (χ0v) is 20.1. The normalized spacial score (nSPS) is 14.3. The number of methoxy groups -OCH3 is 1. The van der Waals surface area contributed by atoms with Crippen LogP contribution >= 0.6 is 15.9 Å². The average molecular weight is 521 g/mol. The molecule has 172 valence electrons. The van der Waals surface area contributed by atoms with Gasteiger partial charge >= 0.3 is 5.97 Å². The molecule has 1 aliphatic heterocycles. The third-order valence-electron chi connectivity index (χ3n) is 5.21. The summed E-state index contributed by atoms with van der Waals surface area (Å²) in [6.07, 6.45) is 1.77. The molecule has 0 unspecified atom stereocenters. The maximum atomic E-state index is 13.0. The molecule has 0 radical (unpaired) electrons. The van der Waals surface area contributed by atoms with Gasteiger partial charge in [-0.15, -0.1) is 0 Å². The molecule has 0 bridgehead atoms. The van der Waals surface area contributed by atoms with E-state index >= 15 is 0 Å². The molecular weight excluding hydrogens is 500 g/mol. The van der Waals surface area contributed by atoms with Crippen LogP contribution in [0.2, 0.25) is 0 Å². The van der Waals surface area contributed by atoms with E-state index in [1.54, 1.807) is 31.2 Å². The summed E-state index contributed by atoms with van der Waals surface area (Å²) in [4.78, 5) is 24.0. The summed E-state index contributed by atoms with van der Waals surface area (Å²) in [7, 11) is 1.54. The van der Waals surface area contributed by atoms with E-state index in [4.69, 9.17) is 14.6 Å². The molecule has 3 aromatic rings. The van der Waals surface area contributed by atoms with Gasteiger partial charge in [-0.2, -0.15) is 10.1 Å². The summed E-state index contributed by atoms with van der Waals surface area (Å²) in [5.74, 6) is -0.192. The molecule has 1 amide bonds. The Bertz CT molecular complexity index is 1300. The van der Waals surface area contributed by atoms with Crippen molar-refractivity contribution in [1.29, 1.82) is 0 Å². The number of nitrogens with zero attached hydrogens (tertiary/aromatic N) is 2. The van der Waals surface area contributed by atoms with Gasteiger partial charge in [-0.25, -0.2) is 4.79 Å². The van der Waals surface area contributed by atoms with Gasteiger partial charge in [-0.05, 0) is 76.5 Å². The number of ether oxygens (including phenoxy) is 2. The molecule has 0 aromatic heterocycles. The average Bonchev–Trinajstić information content (AvgIpc) is 3.12. The fourth-order valence-electron chi connectivity index (χ4n) is 3.46. The smallest absolute Gasteiger partial charge is 0.335 e. The maximum Gasteiger partial charge on any atom is 0.335 e. The molecule has 0 atom stereocenters. The van der Waals surface area contributed by atoms with Crippen LogP contribution in [0.15, 0.2) is 81.9 Å². The standard InChI is InChI=1S/C26H21BrN2O5/c1-16-21(25(30)29(28-16)20-6-4-3-5-7-20)12-18-13-22(27)24(23(14-18)33-2)34-15-17-8-10-19(11-9-17)26(31)32/h3-14H,15H2,1-2H3,(H,31,32)/b21-12+. The molecule has 34 heavy (non-hydrogen) atoms. The van der Waals surface area contributed by atoms with Crippen LogP contribution in [-0.4, -0.2) is 29.8 Å². The lowest BCUT2D eigenvalue weighted by Gasteiger charge is -2.14. The van der Waals surface area contributed by atoms with Gasteiger partial charge < -0.3 is 14.6 Å². The molecule has 1 N–H and O–H groups in total. The molecule has 4 rings (SSSR count). The number of hydrazone groups is 1. The Labute approximate surface area is 205 Å². The van der Waals surface area contributed by atoms with E-state index in [1.807, 2.05) is 36.4 Å². The number of hydrogen-bond donors (Lipinski definition) is 1. The van der Waals surface area contributed by atoms with Crippen LogP contribution in [-0.2, 0) is 11.4 Å². The molecule has 7 nitrogen and oxygen atoms in total. The molecule has 8 heteroatoms. The zero-order valence-electron chi connectivity index (χ0n) is 18.5. The van der Waals surface area contributed by atoms with E-state index in [2.05, 4.69) is 21.0 Å². The van der Waals surface area contributed by atoms with E-state index < -0.39 is 5.97 Å². The molecule has 0 aliphatic carbocycles. The Balaban J connectivity index is 1.56. The van der Waals surface area contributed by atoms with Gasteiger partial charge in [-0.1, -0.05) is 30.3 Å². The number of carboxylic acid groups (broad SMARTS) is 1. The first-order chi connectivity index (χ1) is 16.4. The summed E-state index contributed by atoms with van der Waals surface area (Å²) in [6.45, 7) is 2.03. The number of amides is 1. The van der Waals surface area contributed by atoms with E-state index in [1.165, 1.54) is 24.3 Å². The van der Waals surface area contributed by atoms with Crippen molar-refractivity contribution in [2.45, 2.75) is 13.5 Å². The minimum absolute atomic E-state index is 0.205. The molecule has 3 aromatic carbocycles. The van der Waals surface area contributed by atoms with Gasteiger partial charge in [0.2, 0.25) is 0 Å². The van der Waals surface area contributed by atoms with E-state index in [9.17, 15) is 9.59 Å². The van der Waals surface area contributed by atoms with Crippen LogP contribution < -0.4 is 14.5 Å². The Kier molecular flexibility index (Phi) is 6.79. The van der Waals surface area contributed by atoms with Crippen LogP contribution in [0.3, 0.4) is 0 Å². The van der Waals surface area contributed by atoms with Crippen molar-refractivity contribution in [3.63, 3.8) is 0 Å². The Morgan fingerprint density at radius 3 is 2.47 bits per heavy atom. The number of carbonyl (C=O) groups excluding carboxylic acids is 1. The van der Waals surface area contributed by atoms with Gasteiger partial charge in [0.1, 0.15) is 6.61 Å². The van der Waals surface area contributed by atoms with Crippen LogP contribution in [0.25, 0.3) is 6.08 Å².